The first-order valence-corrected chi connectivity index (χ1v) is 6.40. The van der Waals surface area contributed by atoms with E-state index in [1.54, 1.807) is 13.0 Å². The first-order valence-electron chi connectivity index (χ1n) is 6.02. The van der Waals surface area contributed by atoms with Crippen molar-refractivity contribution in [3.63, 3.8) is 0 Å². The van der Waals surface area contributed by atoms with Crippen molar-refractivity contribution >= 4 is 23.2 Å². The first-order chi connectivity index (χ1) is 9.99. The Bertz CT molecular complexity index is 792. The molecular weight excluding hydrogens is 292 g/mol. The van der Waals surface area contributed by atoms with Crippen LogP contribution in [-0.4, -0.2) is 15.5 Å². The molecule has 1 amide bonds. The van der Waals surface area contributed by atoms with Gasteiger partial charge in [-0.1, -0.05) is 11.6 Å². The Morgan fingerprint density at radius 2 is 2.24 bits per heavy atom. The van der Waals surface area contributed by atoms with Crippen LogP contribution in [-0.2, 0) is 11.3 Å². The molecule has 21 heavy (non-hydrogen) atoms. The molecule has 6 nitrogen and oxygen atoms in total. The van der Waals surface area contributed by atoms with Crippen LogP contribution in [0.1, 0.15) is 11.3 Å². The monoisotopic (exact) mass is 302 g/mol. The summed E-state index contributed by atoms with van der Waals surface area (Å²) >= 11 is 5.83. The predicted molar refractivity (Wildman–Crippen MR) is 78.0 cm³/mol. The van der Waals surface area contributed by atoms with E-state index in [2.05, 4.69) is 10.3 Å². The summed E-state index contributed by atoms with van der Waals surface area (Å²) in [5.74, 6) is -0.443. The number of rotatable bonds is 3. The van der Waals surface area contributed by atoms with Crippen LogP contribution in [0.25, 0.3) is 0 Å². The zero-order chi connectivity index (χ0) is 15.4. The molecule has 1 aromatic carbocycles. The molecule has 0 saturated carbocycles. The van der Waals surface area contributed by atoms with E-state index in [4.69, 9.17) is 16.9 Å². The van der Waals surface area contributed by atoms with Crippen LogP contribution in [0.15, 0.2) is 35.4 Å². The third-order valence-corrected chi connectivity index (χ3v) is 2.94. The summed E-state index contributed by atoms with van der Waals surface area (Å²) in [6, 6.07) is 7.85. The van der Waals surface area contributed by atoms with E-state index in [0.717, 1.165) is 0 Å². The number of aryl methyl sites for hydroxylation is 1. The number of hydrogen-bond donors (Lipinski definition) is 1. The number of aromatic nitrogens is 2. The van der Waals surface area contributed by atoms with E-state index in [1.165, 1.54) is 29.1 Å². The second kappa shape index (κ2) is 6.20. The number of carbonyl (C=O) groups is 1. The van der Waals surface area contributed by atoms with Crippen molar-refractivity contribution in [2.45, 2.75) is 13.5 Å². The summed E-state index contributed by atoms with van der Waals surface area (Å²) in [6.45, 7) is 1.50. The molecule has 0 atom stereocenters. The fourth-order valence-corrected chi connectivity index (χ4v) is 1.87. The van der Waals surface area contributed by atoms with Crippen LogP contribution in [0.2, 0.25) is 5.02 Å². The number of anilines is 1. The van der Waals surface area contributed by atoms with E-state index < -0.39 is 5.91 Å². The maximum Gasteiger partial charge on any atom is 0.253 e. The van der Waals surface area contributed by atoms with E-state index in [1.807, 2.05) is 6.07 Å². The number of hydrogen-bond acceptors (Lipinski definition) is 4. The molecule has 0 radical (unpaired) electrons. The molecular formula is C14H11ClN4O2. The van der Waals surface area contributed by atoms with Crippen LogP contribution < -0.4 is 10.9 Å². The molecule has 0 aliphatic carbocycles. The van der Waals surface area contributed by atoms with Crippen LogP contribution in [0.5, 0.6) is 0 Å². The lowest BCUT2D eigenvalue weighted by Gasteiger charge is -2.09. The number of benzene rings is 1. The van der Waals surface area contributed by atoms with Gasteiger partial charge in [-0.3, -0.25) is 14.2 Å². The molecule has 0 spiro atoms. The molecule has 1 aromatic heterocycles. The quantitative estimate of drug-likeness (QED) is 0.935. The second-order valence-electron chi connectivity index (χ2n) is 4.35. The average molecular weight is 303 g/mol. The molecule has 106 valence electrons. The van der Waals surface area contributed by atoms with Crippen molar-refractivity contribution < 1.29 is 4.79 Å². The summed E-state index contributed by atoms with van der Waals surface area (Å²) in [5.41, 5.74) is 0.868. The largest absolute Gasteiger partial charge is 0.323 e. The lowest BCUT2D eigenvalue weighted by molar-refractivity contribution is -0.116. The van der Waals surface area contributed by atoms with Gasteiger partial charge in [0, 0.05) is 16.8 Å². The average Bonchev–Trinajstić information content (AvgIpc) is 2.42. The Morgan fingerprint density at radius 1 is 1.48 bits per heavy atom. The van der Waals surface area contributed by atoms with Crippen LogP contribution in [0, 0.1) is 18.3 Å². The number of amides is 1. The molecule has 0 unspecified atom stereocenters. The summed E-state index contributed by atoms with van der Waals surface area (Å²) < 4.78 is 1.18. The molecule has 2 aromatic rings. The maximum absolute atomic E-state index is 11.9. The second-order valence-corrected chi connectivity index (χ2v) is 4.78. The number of halogens is 1. The van der Waals surface area contributed by atoms with E-state index >= 15 is 0 Å². The van der Waals surface area contributed by atoms with Gasteiger partial charge in [0.1, 0.15) is 12.6 Å². The summed E-state index contributed by atoms with van der Waals surface area (Å²) in [7, 11) is 0. The van der Waals surface area contributed by atoms with Gasteiger partial charge in [0.15, 0.2) is 0 Å². The van der Waals surface area contributed by atoms with E-state index in [9.17, 15) is 9.59 Å². The van der Waals surface area contributed by atoms with Gasteiger partial charge in [0.05, 0.1) is 17.6 Å². The zero-order valence-electron chi connectivity index (χ0n) is 11.1. The molecule has 0 saturated heterocycles. The molecule has 2 rings (SSSR count). The van der Waals surface area contributed by atoms with Crippen LogP contribution in [0.4, 0.5) is 5.69 Å². The molecule has 0 aliphatic rings. The van der Waals surface area contributed by atoms with Crippen molar-refractivity contribution in [1.29, 1.82) is 5.26 Å². The van der Waals surface area contributed by atoms with Crippen molar-refractivity contribution in [3.8, 4) is 6.07 Å². The minimum absolute atomic E-state index is 0.191. The minimum atomic E-state index is -0.443. The topological polar surface area (TPSA) is 87.8 Å². The normalized spacial score (nSPS) is 9.95. The highest BCUT2D eigenvalue weighted by Crippen LogP contribution is 2.20. The maximum atomic E-state index is 11.9. The van der Waals surface area contributed by atoms with Gasteiger partial charge in [-0.05, 0) is 25.1 Å². The molecule has 0 fully saturated rings. The van der Waals surface area contributed by atoms with Gasteiger partial charge in [0.25, 0.3) is 5.56 Å². The lowest BCUT2D eigenvalue weighted by Crippen LogP contribution is -2.27. The Labute approximate surface area is 125 Å². The van der Waals surface area contributed by atoms with Crippen molar-refractivity contribution in [2.75, 3.05) is 5.32 Å². The van der Waals surface area contributed by atoms with Crippen LogP contribution in [0.3, 0.4) is 0 Å². The Morgan fingerprint density at radius 3 is 2.90 bits per heavy atom. The number of nitrogens with one attached hydrogen (secondary N) is 1. The molecule has 0 bridgehead atoms. The van der Waals surface area contributed by atoms with Gasteiger partial charge in [-0.15, -0.1) is 0 Å². The highest BCUT2D eigenvalue weighted by Gasteiger charge is 2.09. The zero-order valence-corrected chi connectivity index (χ0v) is 11.9. The van der Waals surface area contributed by atoms with Crippen molar-refractivity contribution in [1.82, 2.24) is 9.55 Å². The third-order valence-electron chi connectivity index (χ3n) is 2.71. The van der Waals surface area contributed by atoms with Crippen molar-refractivity contribution in [3.05, 3.63) is 57.2 Å². The van der Waals surface area contributed by atoms with Gasteiger partial charge < -0.3 is 5.32 Å². The van der Waals surface area contributed by atoms with Gasteiger partial charge >= 0.3 is 0 Å². The number of nitrogens with zero attached hydrogens (tertiary/aromatic N) is 3. The molecule has 1 heterocycles. The molecule has 1 N–H and O–H groups in total. The highest BCUT2D eigenvalue weighted by atomic mass is 35.5. The Kier molecular flexibility index (Phi) is 4.36. The fourth-order valence-electron chi connectivity index (χ4n) is 1.70. The smallest absolute Gasteiger partial charge is 0.253 e. The highest BCUT2D eigenvalue weighted by molar-refractivity contribution is 6.31. The summed E-state index contributed by atoms with van der Waals surface area (Å²) in [5, 5.41) is 11.9. The number of nitriles is 1. The first kappa shape index (κ1) is 14.8. The van der Waals surface area contributed by atoms with Crippen LogP contribution >= 0.6 is 11.6 Å². The summed E-state index contributed by atoms with van der Waals surface area (Å²) in [6.07, 6.45) is 1.31. The minimum Gasteiger partial charge on any atom is -0.323 e. The van der Waals surface area contributed by atoms with Gasteiger partial charge in [0.2, 0.25) is 5.91 Å². The standard InChI is InChI=1S/C14H11ClN4O2/c1-9-4-14(21)19(8-17-9)7-13(20)18-12-5-11(15)3-2-10(12)6-16/h2-5,8H,7H2,1H3,(H,18,20). The van der Waals surface area contributed by atoms with E-state index in [-0.39, 0.29) is 12.1 Å². The SMILES string of the molecule is Cc1cc(=O)n(CC(=O)Nc2cc(Cl)ccc2C#N)cn1. The molecule has 7 heteroatoms. The Hall–Kier alpha value is -2.65. The Balaban J connectivity index is 2.17. The van der Waals surface area contributed by atoms with Crippen molar-refractivity contribution in [2.24, 2.45) is 0 Å². The number of carbonyl (C=O) groups excluding carboxylic acids is 1. The molecule has 0 aliphatic heterocycles. The summed E-state index contributed by atoms with van der Waals surface area (Å²) in [4.78, 5) is 27.6. The van der Waals surface area contributed by atoms with E-state index in [0.29, 0.717) is 22.0 Å². The third kappa shape index (κ3) is 3.68. The predicted octanol–water partition coefficient (Wildman–Crippen LogP) is 1.72. The lowest BCUT2D eigenvalue weighted by atomic mass is 10.2. The van der Waals surface area contributed by atoms with Gasteiger partial charge in [-0.25, -0.2) is 4.98 Å². The fraction of sp³-hybridized carbons (Fsp3) is 0.143. The van der Waals surface area contributed by atoms with Gasteiger partial charge in [-0.2, -0.15) is 5.26 Å².